The summed E-state index contributed by atoms with van der Waals surface area (Å²) >= 11 is 0. The van der Waals surface area contributed by atoms with Gasteiger partial charge in [-0.15, -0.1) is 0 Å². The molecule has 1 amide bonds. The molecular weight excluding hydrogens is 360 g/mol. The third kappa shape index (κ3) is 5.89. The van der Waals surface area contributed by atoms with Crippen LogP contribution in [0.5, 0.6) is 0 Å². The van der Waals surface area contributed by atoms with Gasteiger partial charge in [0, 0.05) is 48.9 Å². The van der Waals surface area contributed by atoms with Crippen molar-refractivity contribution in [2.24, 2.45) is 5.92 Å². The van der Waals surface area contributed by atoms with Gasteiger partial charge in [-0.25, -0.2) is 0 Å². The molecule has 1 aliphatic heterocycles. The van der Waals surface area contributed by atoms with E-state index in [1.165, 1.54) is 24.2 Å². The number of piperidine rings is 1. The number of carbonyl (C=O) groups is 1. The molecule has 2 N–H and O–H groups in total. The normalized spacial score (nSPS) is 14.5. The summed E-state index contributed by atoms with van der Waals surface area (Å²) in [7, 11) is 0. The number of nitrogens with zero attached hydrogens (tertiary/aromatic N) is 2. The number of hydrogen-bond acceptors (Lipinski definition) is 4. The van der Waals surface area contributed by atoms with Crippen molar-refractivity contribution >= 4 is 28.7 Å². The van der Waals surface area contributed by atoms with Gasteiger partial charge in [-0.3, -0.25) is 4.79 Å². The Kier molecular flexibility index (Phi) is 7.39. The van der Waals surface area contributed by atoms with Crippen LogP contribution in [0, 0.1) is 5.92 Å². The highest BCUT2D eigenvalue weighted by Gasteiger charge is 2.15. The first-order valence-corrected chi connectivity index (χ1v) is 10.8. The summed E-state index contributed by atoms with van der Waals surface area (Å²) in [6, 6.07) is 16.4. The molecule has 29 heavy (non-hydrogen) atoms. The van der Waals surface area contributed by atoms with E-state index in [1.807, 2.05) is 12.1 Å². The smallest absolute Gasteiger partial charge is 0.243 e. The number of hydrogen-bond donors (Lipinski definition) is 2. The quantitative estimate of drug-likeness (QED) is 0.674. The molecule has 2 aromatic rings. The van der Waals surface area contributed by atoms with Gasteiger partial charge in [0.1, 0.15) is 0 Å². The van der Waals surface area contributed by atoms with Crippen LogP contribution in [-0.4, -0.2) is 38.6 Å². The van der Waals surface area contributed by atoms with Crippen molar-refractivity contribution in [2.45, 2.75) is 33.6 Å². The molecular formula is C24H34N4O. The van der Waals surface area contributed by atoms with Gasteiger partial charge in [0.25, 0.3) is 0 Å². The van der Waals surface area contributed by atoms with Crippen LogP contribution < -0.4 is 20.4 Å². The van der Waals surface area contributed by atoms with Crippen LogP contribution >= 0.6 is 0 Å². The molecule has 1 heterocycles. The molecule has 156 valence electrons. The molecule has 0 atom stereocenters. The predicted molar refractivity (Wildman–Crippen MR) is 124 cm³/mol. The lowest BCUT2D eigenvalue weighted by molar-refractivity contribution is -0.114. The zero-order valence-corrected chi connectivity index (χ0v) is 17.9. The van der Waals surface area contributed by atoms with E-state index < -0.39 is 0 Å². The molecule has 1 saturated heterocycles. The average Bonchev–Trinajstić information content (AvgIpc) is 2.75. The Labute approximate surface area is 175 Å². The fourth-order valence-corrected chi connectivity index (χ4v) is 3.79. The van der Waals surface area contributed by atoms with Crippen molar-refractivity contribution < 1.29 is 4.79 Å². The molecule has 3 rings (SSSR count). The summed E-state index contributed by atoms with van der Waals surface area (Å²) in [6.45, 7) is 11.1. The highest BCUT2D eigenvalue weighted by atomic mass is 16.1. The molecule has 1 aliphatic rings. The van der Waals surface area contributed by atoms with Gasteiger partial charge < -0.3 is 20.4 Å². The van der Waals surface area contributed by atoms with Gasteiger partial charge in [-0.1, -0.05) is 6.92 Å². The molecule has 0 aromatic heterocycles. The van der Waals surface area contributed by atoms with E-state index in [1.54, 1.807) is 0 Å². The first-order chi connectivity index (χ1) is 14.1. The van der Waals surface area contributed by atoms with Crippen molar-refractivity contribution in [3.05, 3.63) is 48.5 Å². The molecule has 0 spiro atoms. The minimum absolute atomic E-state index is 0.0466. The lowest BCUT2D eigenvalue weighted by Crippen LogP contribution is -2.32. The fraction of sp³-hybridized carbons (Fsp3) is 0.458. The number of carbonyl (C=O) groups excluding carboxylic acids is 1. The summed E-state index contributed by atoms with van der Waals surface area (Å²) in [5.41, 5.74) is 4.23. The summed E-state index contributed by atoms with van der Waals surface area (Å²) in [5.74, 6) is 0.786. The van der Waals surface area contributed by atoms with E-state index in [4.69, 9.17) is 0 Å². The molecule has 5 heteroatoms. The Morgan fingerprint density at radius 1 is 0.966 bits per heavy atom. The molecule has 0 radical (unpaired) electrons. The van der Waals surface area contributed by atoms with Gasteiger partial charge in [0.2, 0.25) is 5.91 Å². The Hall–Kier alpha value is -2.69. The standard InChI is InChI=1S/C24H34N4O/c1-4-27(5-2)22-12-8-21(9-13-22)26-24(29)18-25-20-6-10-23(11-7-20)28-16-14-19(3)15-17-28/h6-13,19,25H,4-5,14-18H2,1-3H3,(H,26,29). The van der Waals surface area contributed by atoms with Crippen molar-refractivity contribution in [1.82, 2.24) is 0 Å². The maximum Gasteiger partial charge on any atom is 0.243 e. The Bertz CT molecular complexity index is 760. The summed E-state index contributed by atoms with van der Waals surface area (Å²) < 4.78 is 0. The Balaban J connectivity index is 1.46. The molecule has 0 aliphatic carbocycles. The van der Waals surface area contributed by atoms with Gasteiger partial charge in [0.05, 0.1) is 6.54 Å². The lowest BCUT2D eigenvalue weighted by atomic mass is 9.99. The second-order valence-electron chi connectivity index (χ2n) is 7.84. The number of benzene rings is 2. The van der Waals surface area contributed by atoms with Crippen molar-refractivity contribution in [3.63, 3.8) is 0 Å². The SMILES string of the molecule is CCN(CC)c1ccc(NC(=O)CNc2ccc(N3CCC(C)CC3)cc2)cc1. The zero-order chi connectivity index (χ0) is 20.6. The Morgan fingerprint density at radius 3 is 2.14 bits per heavy atom. The monoisotopic (exact) mass is 394 g/mol. The number of rotatable bonds is 8. The molecule has 0 saturated carbocycles. The van der Waals surface area contributed by atoms with Crippen molar-refractivity contribution in [1.29, 1.82) is 0 Å². The van der Waals surface area contributed by atoms with Gasteiger partial charge in [-0.05, 0) is 81.1 Å². The molecule has 0 bridgehead atoms. The highest BCUT2D eigenvalue weighted by Crippen LogP contribution is 2.24. The second-order valence-corrected chi connectivity index (χ2v) is 7.84. The van der Waals surface area contributed by atoms with Gasteiger partial charge >= 0.3 is 0 Å². The van der Waals surface area contributed by atoms with E-state index in [-0.39, 0.29) is 12.5 Å². The van der Waals surface area contributed by atoms with Crippen LogP contribution in [0.1, 0.15) is 33.6 Å². The van der Waals surface area contributed by atoms with Gasteiger partial charge in [0.15, 0.2) is 0 Å². The van der Waals surface area contributed by atoms with Crippen molar-refractivity contribution in [2.75, 3.05) is 53.2 Å². The second kappa shape index (κ2) is 10.2. The van der Waals surface area contributed by atoms with E-state index in [9.17, 15) is 4.79 Å². The van der Waals surface area contributed by atoms with Gasteiger partial charge in [-0.2, -0.15) is 0 Å². The van der Waals surface area contributed by atoms with Crippen LogP contribution in [0.3, 0.4) is 0 Å². The molecule has 1 fully saturated rings. The van der Waals surface area contributed by atoms with Crippen LogP contribution in [-0.2, 0) is 4.79 Å². The number of amides is 1. The van der Waals surface area contributed by atoms with E-state index >= 15 is 0 Å². The van der Waals surface area contributed by atoms with E-state index in [2.05, 4.69) is 77.6 Å². The average molecular weight is 395 g/mol. The fourth-order valence-electron chi connectivity index (χ4n) is 3.79. The lowest BCUT2D eigenvalue weighted by Gasteiger charge is -2.32. The summed E-state index contributed by atoms with van der Waals surface area (Å²) in [6.07, 6.45) is 2.52. The maximum absolute atomic E-state index is 12.3. The molecule has 2 aromatic carbocycles. The number of nitrogens with one attached hydrogen (secondary N) is 2. The first-order valence-electron chi connectivity index (χ1n) is 10.8. The molecule has 5 nitrogen and oxygen atoms in total. The number of anilines is 4. The first kappa shape index (κ1) is 21.0. The van der Waals surface area contributed by atoms with Crippen LogP contribution in [0.25, 0.3) is 0 Å². The third-order valence-corrected chi connectivity index (χ3v) is 5.75. The summed E-state index contributed by atoms with van der Waals surface area (Å²) in [5, 5.41) is 6.16. The van der Waals surface area contributed by atoms with Crippen LogP contribution in [0.4, 0.5) is 22.7 Å². The minimum atomic E-state index is -0.0466. The van der Waals surface area contributed by atoms with E-state index in [0.717, 1.165) is 43.5 Å². The van der Waals surface area contributed by atoms with Crippen LogP contribution in [0.2, 0.25) is 0 Å². The third-order valence-electron chi connectivity index (χ3n) is 5.75. The van der Waals surface area contributed by atoms with Crippen molar-refractivity contribution in [3.8, 4) is 0 Å². The summed E-state index contributed by atoms with van der Waals surface area (Å²) in [4.78, 5) is 17.0. The molecule has 0 unspecified atom stereocenters. The minimum Gasteiger partial charge on any atom is -0.376 e. The van der Waals surface area contributed by atoms with E-state index in [0.29, 0.717) is 0 Å². The topological polar surface area (TPSA) is 47.6 Å². The predicted octanol–water partition coefficient (Wildman–Crippen LogP) is 4.82. The maximum atomic E-state index is 12.3. The zero-order valence-electron chi connectivity index (χ0n) is 17.9. The Morgan fingerprint density at radius 2 is 1.55 bits per heavy atom. The van der Waals surface area contributed by atoms with Crippen LogP contribution in [0.15, 0.2) is 48.5 Å². The highest BCUT2D eigenvalue weighted by molar-refractivity contribution is 5.93. The largest absolute Gasteiger partial charge is 0.376 e.